The van der Waals surface area contributed by atoms with Crippen LogP contribution in [-0.2, 0) is 0 Å². The van der Waals surface area contributed by atoms with Crippen molar-refractivity contribution in [3.8, 4) is 0 Å². The van der Waals surface area contributed by atoms with Gasteiger partial charge in [0.1, 0.15) is 6.23 Å². The summed E-state index contributed by atoms with van der Waals surface area (Å²) in [5.74, 6) is 0. The minimum Gasteiger partial charge on any atom is -0.377 e. The van der Waals surface area contributed by atoms with Crippen LogP contribution in [0.3, 0.4) is 0 Å². The Morgan fingerprint density at radius 1 is 1.67 bits per heavy atom. The highest BCUT2D eigenvalue weighted by Gasteiger charge is 2.25. The van der Waals surface area contributed by atoms with Gasteiger partial charge in [-0.25, -0.2) is 0 Å². The van der Waals surface area contributed by atoms with Gasteiger partial charge in [0.2, 0.25) is 0 Å². The van der Waals surface area contributed by atoms with Gasteiger partial charge in [0.05, 0.1) is 0 Å². The van der Waals surface area contributed by atoms with Gasteiger partial charge in [0, 0.05) is 6.54 Å². The minimum absolute atomic E-state index is 0.512. The number of nitrogens with zero attached hydrogens (tertiary/aromatic N) is 1. The van der Waals surface area contributed by atoms with Crippen LogP contribution in [0.25, 0.3) is 0 Å². The van der Waals surface area contributed by atoms with Crippen molar-refractivity contribution in [2.24, 2.45) is 0 Å². The highest BCUT2D eigenvalue weighted by atomic mass is 16.3. The number of aliphatic hydroxyl groups is 2. The second kappa shape index (κ2) is 2.62. The van der Waals surface area contributed by atoms with Crippen molar-refractivity contribution in [3.63, 3.8) is 0 Å². The third-order valence-corrected chi connectivity index (χ3v) is 1.50. The molecule has 0 bridgehead atoms. The Hall–Kier alpha value is -0.160. The molecule has 0 spiro atoms. The summed E-state index contributed by atoms with van der Waals surface area (Å²) in [6, 6.07) is 0. The van der Waals surface area contributed by atoms with E-state index in [0.717, 1.165) is 6.54 Å². The second-order valence-electron chi connectivity index (χ2n) is 2.14. The molecule has 1 saturated heterocycles. The lowest BCUT2D eigenvalue weighted by Crippen LogP contribution is -2.35. The number of aliphatic hydroxyl groups excluding tert-OH is 2. The molecule has 9 heavy (non-hydrogen) atoms. The quantitative estimate of drug-likeness (QED) is 0.406. The summed E-state index contributed by atoms with van der Waals surface area (Å²) in [6.07, 6.45) is -1.23. The van der Waals surface area contributed by atoms with E-state index >= 15 is 0 Å². The molecule has 0 aliphatic carbocycles. The van der Waals surface area contributed by atoms with Crippen LogP contribution in [0.4, 0.5) is 0 Å². The Kier molecular flexibility index (Phi) is 2.02. The van der Waals surface area contributed by atoms with Crippen LogP contribution in [0.15, 0.2) is 0 Å². The van der Waals surface area contributed by atoms with Crippen LogP contribution in [0.5, 0.6) is 0 Å². The molecule has 2 unspecified atom stereocenters. The smallest absolute Gasteiger partial charge is 0.165 e. The summed E-state index contributed by atoms with van der Waals surface area (Å²) in [7, 11) is 0. The zero-order valence-corrected chi connectivity index (χ0v) is 5.41. The van der Waals surface area contributed by atoms with Gasteiger partial charge in [-0.2, -0.15) is 0 Å². The average Bonchev–Trinajstić information content (AvgIpc) is 2.10. The van der Waals surface area contributed by atoms with E-state index in [1.165, 1.54) is 0 Å². The Bertz CT molecular complexity index is 99.0. The molecule has 0 saturated carbocycles. The van der Waals surface area contributed by atoms with E-state index in [1.54, 1.807) is 4.90 Å². The van der Waals surface area contributed by atoms with Crippen LogP contribution in [0.2, 0.25) is 0 Å². The van der Waals surface area contributed by atoms with Crippen LogP contribution < -0.4 is 5.32 Å². The fraction of sp³-hybridized carbons (Fsp3) is 1.00. The maximum Gasteiger partial charge on any atom is 0.165 e. The number of rotatable bonds is 1. The van der Waals surface area contributed by atoms with Gasteiger partial charge in [0.25, 0.3) is 0 Å². The Morgan fingerprint density at radius 2 is 2.33 bits per heavy atom. The highest BCUT2D eigenvalue weighted by Crippen LogP contribution is 2.02. The summed E-state index contributed by atoms with van der Waals surface area (Å²) >= 11 is 0. The predicted molar refractivity (Wildman–Crippen MR) is 32.4 cm³/mol. The first-order valence-corrected chi connectivity index (χ1v) is 3.10. The molecule has 1 aliphatic rings. The van der Waals surface area contributed by atoms with Gasteiger partial charge in [-0.05, 0) is 6.54 Å². The molecule has 0 aromatic carbocycles. The summed E-state index contributed by atoms with van der Waals surface area (Å²) < 4.78 is 0. The van der Waals surface area contributed by atoms with Crippen molar-refractivity contribution in [2.45, 2.75) is 19.5 Å². The first-order chi connectivity index (χ1) is 4.24. The van der Waals surface area contributed by atoms with Crippen molar-refractivity contribution < 1.29 is 10.2 Å². The standard InChI is InChI=1S/C5H12N2O2/c1-2-7-3-4(8)6-5(7)9/h4-6,8-9H,2-3H2,1H3. The Balaban J connectivity index is 2.38. The third kappa shape index (κ3) is 1.40. The molecule has 1 fully saturated rings. The van der Waals surface area contributed by atoms with Crippen LogP contribution >= 0.6 is 0 Å². The van der Waals surface area contributed by atoms with Gasteiger partial charge >= 0.3 is 0 Å². The third-order valence-electron chi connectivity index (χ3n) is 1.50. The van der Waals surface area contributed by atoms with E-state index < -0.39 is 12.6 Å². The molecular weight excluding hydrogens is 120 g/mol. The van der Waals surface area contributed by atoms with Gasteiger partial charge in [-0.1, -0.05) is 6.92 Å². The SMILES string of the molecule is CCN1CC(O)NC1O. The van der Waals surface area contributed by atoms with Crippen molar-refractivity contribution in [1.29, 1.82) is 0 Å². The lowest BCUT2D eigenvalue weighted by Gasteiger charge is -2.14. The molecule has 1 aliphatic heterocycles. The summed E-state index contributed by atoms with van der Waals surface area (Å²) in [4.78, 5) is 1.74. The molecule has 4 heteroatoms. The van der Waals surface area contributed by atoms with Crippen LogP contribution in [0, 0.1) is 0 Å². The van der Waals surface area contributed by atoms with Crippen molar-refractivity contribution in [3.05, 3.63) is 0 Å². The molecule has 4 nitrogen and oxygen atoms in total. The average molecular weight is 132 g/mol. The first-order valence-electron chi connectivity index (χ1n) is 3.10. The number of β-amino-alcohol motifs (C(OH)–C–C–N with tert-alkyl or cyclic N) is 1. The number of likely N-dealkylation sites (N-methyl/N-ethyl adjacent to an activating group) is 1. The van der Waals surface area contributed by atoms with Crippen molar-refractivity contribution in [1.82, 2.24) is 10.2 Å². The number of nitrogens with one attached hydrogen (secondary N) is 1. The minimum atomic E-state index is -0.662. The molecule has 0 radical (unpaired) electrons. The molecule has 0 amide bonds. The van der Waals surface area contributed by atoms with E-state index in [2.05, 4.69) is 5.32 Å². The van der Waals surface area contributed by atoms with Gasteiger partial charge in [0.15, 0.2) is 6.35 Å². The molecule has 54 valence electrons. The highest BCUT2D eigenvalue weighted by molar-refractivity contribution is 4.71. The zero-order chi connectivity index (χ0) is 6.85. The molecule has 0 aromatic rings. The Morgan fingerprint density at radius 3 is 2.56 bits per heavy atom. The van der Waals surface area contributed by atoms with E-state index in [1.807, 2.05) is 6.92 Å². The molecule has 3 N–H and O–H groups in total. The van der Waals surface area contributed by atoms with E-state index in [9.17, 15) is 0 Å². The summed E-state index contributed by atoms with van der Waals surface area (Å²) in [6.45, 7) is 3.20. The van der Waals surface area contributed by atoms with Crippen LogP contribution in [-0.4, -0.2) is 40.8 Å². The number of hydrogen-bond acceptors (Lipinski definition) is 4. The zero-order valence-electron chi connectivity index (χ0n) is 5.41. The molecule has 0 aromatic heterocycles. The Labute approximate surface area is 54.1 Å². The normalized spacial score (nSPS) is 37.7. The largest absolute Gasteiger partial charge is 0.377 e. The second-order valence-corrected chi connectivity index (χ2v) is 2.14. The van der Waals surface area contributed by atoms with Crippen molar-refractivity contribution in [2.75, 3.05) is 13.1 Å². The molecule has 1 rings (SSSR count). The first kappa shape index (κ1) is 6.95. The monoisotopic (exact) mass is 132 g/mol. The maximum atomic E-state index is 9.01. The fourth-order valence-corrected chi connectivity index (χ4v) is 0.954. The predicted octanol–water partition coefficient (Wildman–Crippen LogP) is -1.49. The van der Waals surface area contributed by atoms with Crippen LogP contribution in [0.1, 0.15) is 6.92 Å². The molecule has 1 heterocycles. The van der Waals surface area contributed by atoms with Crippen molar-refractivity contribution >= 4 is 0 Å². The van der Waals surface area contributed by atoms with Gasteiger partial charge in [-0.3, -0.25) is 10.2 Å². The summed E-state index contributed by atoms with van der Waals surface area (Å²) in [5.41, 5.74) is 0. The van der Waals surface area contributed by atoms with E-state index in [-0.39, 0.29) is 0 Å². The molecule has 2 atom stereocenters. The van der Waals surface area contributed by atoms with Gasteiger partial charge < -0.3 is 10.2 Å². The lowest BCUT2D eigenvalue weighted by atomic mass is 10.5. The summed E-state index contributed by atoms with van der Waals surface area (Å²) in [5, 5.41) is 20.5. The fourth-order valence-electron chi connectivity index (χ4n) is 0.954. The number of hydrogen-bond donors (Lipinski definition) is 3. The maximum absolute atomic E-state index is 9.01. The van der Waals surface area contributed by atoms with Gasteiger partial charge in [-0.15, -0.1) is 0 Å². The topological polar surface area (TPSA) is 55.7 Å². The van der Waals surface area contributed by atoms with E-state index in [0.29, 0.717) is 6.54 Å². The molecular formula is C5H12N2O2. The van der Waals surface area contributed by atoms with E-state index in [4.69, 9.17) is 10.2 Å². The lowest BCUT2D eigenvalue weighted by molar-refractivity contribution is 0.0219.